The van der Waals surface area contributed by atoms with E-state index < -0.39 is 27.4 Å². The molecule has 35 heavy (non-hydrogen) atoms. The van der Waals surface area contributed by atoms with Crippen molar-refractivity contribution in [1.29, 1.82) is 0 Å². The molecule has 2 saturated heterocycles. The maximum absolute atomic E-state index is 14.3. The average Bonchev–Trinajstić information content (AvgIpc) is 3.09. The normalized spacial score (nSPS) is 34.1. The van der Waals surface area contributed by atoms with Crippen LogP contribution in [0, 0.1) is 11.8 Å². The number of hydrogen-bond donors (Lipinski definition) is 1. The number of anilines is 1. The number of nitrogens with zero attached hydrogens (tertiary/aromatic N) is 3. The fourth-order valence-corrected chi connectivity index (χ4v) is 8.56. The van der Waals surface area contributed by atoms with Gasteiger partial charge in [-0.1, -0.05) is 48.0 Å². The number of para-hydroxylation sites is 1. The zero-order valence-corrected chi connectivity index (χ0v) is 21.5. The molecule has 1 N–H and O–H groups in total. The molecule has 1 aromatic carbocycles. The molecule has 0 bridgehead atoms. The van der Waals surface area contributed by atoms with Gasteiger partial charge < -0.3 is 19.8 Å². The smallest absolute Gasteiger partial charge is 0.251 e. The van der Waals surface area contributed by atoms with Crippen LogP contribution in [0.3, 0.4) is 0 Å². The first-order chi connectivity index (χ1) is 16.7. The number of hydrogen-bond acceptors (Lipinski definition) is 5. The molecule has 1 unspecified atom stereocenters. The quantitative estimate of drug-likeness (QED) is 0.482. The highest BCUT2D eigenvalue weighted by Gasteiger charge is 2.73. The maximum atomic E-state index is 14.3. The fraction of sp³-hybridized carbons (Fsp3) is 0.500. The van der Waals surface area contributed by atoms with Gasteiger partial charge in [0.15, 0.2) is 0 Å². The molecule has 9 heteroatoms. The van der Waals surface area contributed by atoms with E-state index in [4.69, 9.17) is 11.6 Å². The van der Waals surface area contributed by atoms with Crippen molar-refractivity contribution in [2.45, 2.75) is 35.3 Å². The number of aliphatic hydroxyl groups excluding tert-OH is 1. The Morgan fingerprint density at radius 2 is 1.77 bits per heavy atom. The summed E-state index contributed by atoms with van der Waals surface area (Å²) in [5, 5.41) is 9.80. The van der Waals surface area contributed by atoms with E-state index in [0.29, 0.717) is 43.2 Å². The molecular formula is C26H30ClN3O4S. The summed E-state index contributed by atoms with van der Waals surface area (Å²) in [6.07, 6.45) is 9.09. The highest BCUT2D eigenvalue weighted by molar-refractivity contribution is 8.02. The van der Waals surface area contributed by atoms with E-state index in [-0.39, 0.29) is 24.3 Å². The summed E-state index contributed by atoms with van der Waals surface area (Å²) in [7, 11) is 1.76. The number of carbonyl (C=O) groups excluding carboxylic acids is 3. The van der Waals surface area contributed by atoms with Crippen molar-refractivity contribution in [1.82, 2.24) is 9.80 Å². The zero-order chi connectivity index (χ0) is 25.0. The Morgan fingerprint density at radius 1 is 1.03 bits per heavy atom. The van der Waals surface area contributed by atoms with Crippen LogP contribution in [0.25, 0.3) is 0 Å². The van der Waals surface area contributed by atoms with Crippen molar-refractivity contribution in [2.75, 3.05) is 38.2 Å². The van der Waals surface area contributed by atoms with E-state index in [9.17, 15) is 19.5 Å². The molecule has 5 rings (SSSR count). The van der Waals surface area contributed by atoms with E-state index in [0.717, 1.165) is 0 Å². The number of aliphatic hydroxyl groups is 1. The van der Waals surface area contributed by atoms with Gasteiger partial charge in [0.25, 0.3) is 5.91 Å². The van der Waals surface area contributed by atoms with E-state index in [1.54, 1.807) is 39.6 Å². The summed E-state index contributed by atoms with van der Waals surface area (Å²) in [6.45, 7) is 3.21. The van der Waals surface area contributed by atoms with E-state index in [1.165, 1.54) is 0 Å². The second-order valence-electron chi connectivity index (χ2n) is 9.88. The number of unbranched alkanes of at least 4 members (excludes halogenated alkanes) is 1. The number of amides is 3. The molecule has 1 aromatic rings. The van der Waals surface area contributed by atoms with Crippen molar-refractivity contribution in [3.8, 4) is 0 Å². The zero-order valence-electron chi connectivity index (χ0n) is 19.9. The van der Waals surface area contributed by atoms with Crippen molar-refractivity contribution in [3.63, 3.8) is 0 Å². The van der Waals surface area contributed by atoms with Crippen molar-refractivity contribution >= 4 is 46.8 Å². The molecule has 4 heterocycles. The third kappa shape index (κ3) is 3.64. The molecular weight excluding hydrogens is 486 g/mol. The molecule has 0 radical (unpaired) electrons. The first kappa shape index (κ1) is 24.4. The Kier molecular flexibility index (Phi) is 6.26. The minimum atomic E-state index is -0.874. The first-order valence-electron chi connectivity index (χ1n) is 12.0. The van der Waals surface area contributed by atoms with Gasteiger partial charge in [0, 0.05) is 38.0 Å². The number of likely N-dealkylation sites (tertiary alicyclic amines) is 1. The minimum absolute atomic E-state index is 0.0182. The second-order valence-corrected chi connectivity index (χ2v) is 12.1. The molecule has 4 aliphatic heterocycles. The van der Waals surface area contributed by atoms with Crippen molar-refractivity contribution < 1.29 is 19.5 Å². The van der Waals surface area contributed by atoms with Gasteiger partial charge in [-0.15, -0.1) is 11.8 Å². The van der Waals surface area contributed by atoms with Gasteiger partial charge in [-0.3, -0.25) is 14.4 Å². The Morgan fingerprint density at radius 3 is 2.51 bits per heavy atom. The highest BCUT2D eigenvalue weighted by Crippen LogP contribution is 2.65. The minimum Gasteiger partial charge on any atom is -0.396 e. The van der Waals surface area contributed by atoms with Gasteiger partial charge in [0.1, 0.15) is 6.04 Å². The predicted molar refractivity (Wildman–Crippen MR) is 137 cm³/mol. The van der Waals surface area contributed by atoms with Crippen LogP contribution in [0.2, 0.25) is 5.02 Å². The number of fused-ring (bicyclic) bond motifs is 2. The van der Waals surface area contributed by atoms with E-state index in [1.807, 2.05) is 49.4 Å². The van der Waals surface area contributed by atoms with Crippen LogP contribution in [-0.4, -0.2) is 81.5 Å². The van der Waals surface area contributed by atoms with Crippen LogP contribution < -0.4 is 4.90 Å². The maximum Gasteiger partial charge on any atom is 0.251 e. The third-order valence-electron chi connectivity index (χ3n) is 7.71. The molecule has 3 amide bonds. The van der Waals surface area contributed by atoms with Crippen LogP contribution in [0.4, 0.5) is 5.69 Å². The number of likely N-dealkylation sites (N-methyl/N-ethyl adjacent to an activating group) is 1. The lowest BCUT2D eigenvalue weighted by Crippen LogP contribution is -2.53. The Hall–Kier alpha value is -2.29. The Labute approximate surface area is 214 Å². The molecule has 5 atom stereocenters. The summed E-state index contributed by atoms with van der Waals surface area (Å²) in [6, 6.07) is 6.44. The van der Waals surface area contributed by atoms with Gasteiger partial charge in [-0.25, -0.2) is 0 Å². The van der Waals surface area contributed by atoms with Gasteiger partial charge >= 0.3 is 0 Å². The topological polar surface area (TPSA) is 81.2 Å². The first-order valence-corrected chi connectivity index (χ1v) is 13.2. The van der Waals surface area contributed by atoms with Crippen LogP contribution in [-0.2, 0) is 14.4 Å². The van der Waals surface area contributed by atoms with Crippen LogP contribution in [0.1, 0.15) is 19.8 Å². The van der Waals surface area contributed by atoms with Crippen LogP contribution in [0.5, 0.6) is 0 Å². The average molecular weight is 516 g/mol. The SMILES string of the molecule is CN1CC=C[C@@]2(C)S[C@]34C=CCN(c5ccccc5Cl)C(=O)C3N(CCCCO)C(=O)[C@@H]4[C@H]2C1=O. The standard InChI is InChI=1S/C26H30ClN3O4S/c1-25-11-7-13-28(2)22(32)19(25)20-23(33)30(14-5-6-16-31)21-24(34)29(15-8-12-26(20,21)35-25)18-10-4-3-9-17(18)27/h3-4,7-12,19-21,31H,5-6,13-16H2,1-2H3/t19-,20-,21?,25+,26-/m0/s1. The fourth-order valence-electron chi connectivity index (χ4n) is 6.16. The summed E-state index contributed by atoms with van der Waals surface area (Å²) >= 11 is 8.05. The van der Waals surface area contributed by atoms with Gasteiger partial charge in [0.05, 0.1) is 27.3 Å². The number of carbonyl (C=O) groups is 3. The second kappa shape index (κ2) is 8.98. The molecule has 7 nitrogen and oxygen atoms in total. The largest absolute Gasteiger partial charge is 0.396 e. The predicted octanol–water partition coefficient (Wildman–Crippen LogP) is 2.73. The summed E-state index contributed by atoms with van der Waals surface area (Å²) in [4.78, 5) is 46.9. The van der Waals surface area contributed by atoms with Gasteiger partial charge in [-0.05, 0) is 31.9 Å². The van der Waals surface area contributed by atoms with Crippen molar-refractivity contribution in [3.05, 3.63) is 53.6 Å². The van der Waals surface area contributed by atoms with E-state index in [2.05, 4.69) is 0 Å². The summed E-state index contributed by atoms with van der Waals surface area (Å²) in [5.74, 6) is -1.64. The van der Waals surface area contributed by atoms with Gasteiger partial charge in [0.2, 0.25) is 11.8 Å². The molecule has 1 spiro atoms. The number of benzene rings is 1. The molecule has 0 saturated carbocycles. The third-order valence-corrected chi connectivity index (χ3v) is 9.83. The number of halogens is 1. The van der Waals surface area contributed by atoms with Crippen LogP contribution in [0.15, 0.2) is 48.6 Å². The van der Waals surface area contributed by atoms with E-state index >= 15 is 0 Å². The molecule has 186 valence electrons. The lowest BCUT2D eigenvalue weighted by Gasteiger charge is -2.37. The molecule has 0 aliphatic carbocycles. The molecule has 0 aromatic heterocycles. The van der Waals surface area contributed by atoms with Crippen LogP contribution >= 0.6 is 23.4 Å². The Bertz CT molecular complexity index is 1130. The summed E-state index contributed by atoms with van der Waals surface area (Å²) < 4.78 is -1.48. The number of thioether (sulfide) groups is 1. The van der Waals surface area contributed by atoms with Crippen molar-refractivity contribution in [2.24, 2.45) is 11.8 Å². The Balaban J connectivity index is 1.64. The monoisotopic (exact) mass is 515 g/mol. The number of rotatable bonds is 5. The summed E-state index contributed by atoms with van der Waals surface area (Å²) in [5.41, 5.74) is 0.603. The molecule has 4 aliphatic rings. The lowest BCUT2D eigenvalue weighted by atomic mass is 9.74. The highest BCUT2D eigenvalue weighted by atomic mass is 35.5. The van der Waals surface area contributed by atoms with Gasteiger partial charge in [-0.2, -0.15) is 0 Å². The molecule has 2 fully saturated rings. The lowest BCUT2D eigenvalue weighted by molar-refractivity contribution is -0.143.